The number of rotatable bonds is 4. The van der Waals surface area contributed by atoms with Gasteiger partial charge in [0.2, 0.25) is 0 Å². The van der Waals surface area contributed by atoms with Crippen LogP contribution in [0.3, 0.4) is 0 Å². The second-order valence-electron chi connectivity index (χ2n) is 5.37. The summed E-state index contributed by atoms with van der Waals surface area (Å²) >= 11 is 2.36. The van der Waals surface area contributed by atoms with E-state index in [0.29, 0.717) is 6.61 Å². The van der Waals surface area contributed by atoms with Crippen molar-refractivity contribution in [1.82, 2.24) is 9.47 Å². The summed E-state index contributed by atoms with van der Waals surface area (Å²) in [6.07, 6.45) is 2.53. The molecule has 1 heterocycles. The number of aryl methyl sites for hydroxylation is 1. The Morgan fingerprint density at radius 1 is 1.38 bits per heavy atom. The van der Waals surface area contributed by atoms with Crippen LogP contribution in [-0.2, 0) is 11.2 Å². The number of halogens is 1. The average Bonchev–Trinajstić information content (AvgIpc) is 2.80. The van der Waals surface area contributed by atoms with E-state index in [-0.39, 0.29) is 6.09 Å². The average molecular weight is 400 g/mol. The van der Waals surface area contributed by atoms with Crippen molar-refractivity contribution in [1.29, 1.82) is 0 Å². The normalized spacial score (nSPS) is 11.3. The van der Waals surface area contributed by atoms with Crippen molar-refractivity contribution in [3.05, 3.63) is 33.0 Å². The highest BCUT2D eigenvalue weighted by Crippen LogP contribution is 2.29. The van der Waals surface area contributed by atoms with Gasteiger partial charge in [0.25, 0.3) is 0 Å². The summed E-state index contributed by atoms with van der Waals surface area (Å²) in [5.74, 6) is 0. The molecule has 0 spiro atoms. The second-order valence-corrected chi connectivity index (χ2v) is 6.45. The quantitative estimate of drug-likeness (QED) is 0.735. The zero-order valence-corrected chi connectivity index (χ0v) is 15.1. The summed E-state index contributed by atoms with van der Waals surface area (Å²) in [4.78, 5) is 14.3. The van der Waals surface area contributed by atoms with Gasteiger partial charge in [0.15, 0.2) is 0 Å². The van der Waals surface area contributed by atoms with E-state index >= 15 is 0 Å². The van der Waals surface area contributed by atoms with E-state index in [1.165, 1.54) is 20.1 Å². The number of carbonyl (C=O) groups excluding carboxylic acids is 1. The first-order chi connectivity index (χ1) is 9.95. The summed E-state index contributed by atoms with van der Waals surface area (Å²) < 4.78 is 8.00. The Labute approximate surface area is 139 Å². The Balaban J connectivity index is 2.56. The molecule has 1 aromatic heterocycles. The first kappa shape index (κ1) is 16.3. The Bertz CT molecular complexity index is 662. The fraction of sp³-hybridized carbons (Fsp3) is 0.438. The molecule has 4 nitrogen and oxygen atoms in total. The van der Waals surface area contributed by atoms with Crippen LogP contribution in [0.4, 0.5) is 4.79 Å². The molecule has 0 fully saturated rings. The summed E-state index contributed by atoms with van der Waals surface area (Å²) in [5, 5.41) is 1.17. The topological polar surface area (TPSA) is 34.5 Å². The Morgan fingerprint density at radius 2 is 2.10 bits per heavy atom. The molecule has 0 amide bonds. The van der Waals surface area contributed by atoms with E-state index in [0.717, 1.165) is 18.5 Å². The monoisotopic (exact) mass is 400 g/mol. The minimum atomic E-state index is -0.307. The molecule has 0 atom stereocenters. The molecule has 2 aromatic rings. The van der Waals surface area contributed by atoms with Crippen LogP contribution >= 0.6 is 22.6 Å². The van der Waals surface area contributed by atoms with Gasteiger partial charge in [-0.3, -0.25) is 4.57 Å². The molecule has 0 radical (unpaired) electrons. The van der Waals surface area contributed by atoms with Crippen molar-refractivity contribution in [3.8, 4) is 0 Å². The lowest BCUT2D eigenvalue weighted by Gasteiger charge is -2.09. The number of aromatic nitrogens is 1. The molecule has 0 bridgehead atoms. The van der Waals surface area contributed by atoms with Gasteiger partial charge < -0.3 is 9.64 Å². The number of fused-ring (bicyclic) bond motifs is 1. The van der Waals surface area contributed by atoms with Gasteiger partial charge in [-0.05, 0) is 74.1 Å². The molecule has 0 N–H and O–H groups in total. The highest BCUT2D eigenvalue weighted by molar-refractivity contribution is 14.1. The predicted octanol–water partition coefficient (Wildman–Crippen LogP) is 3.66. The third-order valence-corrected chi connectivity index (χ3v) is 4.86. The molecule has 0 aliphatic rings. The van der Waals surface area contributed by atoms with Gasteiger partial charge in [0.05, 0.1) is 12.1 Å². The second kappa shape index (κ2) is 6.79. The first-order valence-corrected chi connectivity index (χ1v) is 8.14. The van der Waals surface area contributed by atoms with Gasteiger partial charge in [0, 0.05) is 21.7 Å². The smallest absolute Gasteiger partial charge is 0.418 e. The van der Waals surface area contributed by atoms with Gasteiger partial charge in [-0.2, -0.15) is 0 Å². The summed E-state index contributed by atoms with van der Waals surface area (Å²) in [5.41, 5.74) is 3.35. The third-order valence-electron chi connectivity index (χ3n) is 3.47. The van der Waals surface area contributed by atoms with Crippen LogP contribution in [0.15, 0.2) is 18.3 Å². The highest BCUT2D eigenvalue weighted by Gasteiger charge is 2.17. The van der Waals surface area contributed by atoms with Crippen LogP contribution in [0.25, 0.3) is 10.9 Å². The third kappa shape index (κ3) is 3.40. The number of ether oxygens (including phenoxy) is 1. The minimum absolute atomic E-state index is 0.307. The van der Waals surface area contributed by atoms with Gasteiger partial charge in [-0.25, -0.2) is 4.79 Å². The SMILES string of the molecule is CCOC(=O)n1cc(CCN(C)C)c2c(I)c(C)ccc21. The summed E-state index contributed by atoms with van der Waals surface area (Å²) in [6, 6.07) is 4.05. The van der Waals surface area contributed by atoms with Crippen LogP contribution in [0, 0.1) is 10.5 Å². The van der Waals surface area contributed by atoms with Gasteiger partial charge >= 0.3 is 6.09 Å². The number of hydrogen-bond donors (Lipinski definition) is 0. The molecule has 21 heavy (non-hydrogen) atoms. The molecular formula is C16H21IN2O2. The lowest BCUT2D eigenvalue weighted by Crippen LogP contribution is -2.15. The van der Waals surface area contributed by atoms with Gasteiger partial charge in [-0.15, -0.1) is 0 Å². The van der Waals surface area contributed by atoms with E-state index < -0.39 is 0 Å². The molecule has 1 aromatic carbocycles. The minimum Gasteiger partial charge on any atom is -0.449 e. The predicted molar refractivity (Wildman–Crippen MR) is 94.1 cm³/mol. The molecule has 0 saturated carbocycles. The van der Waals surface area contributed by atoms with Crippen LogP contribution in [0.2, 0.25) is 0 Å². The van der Waals surface area contributed by atoms with Crippen molar-refractivity contribution >= 4 is 39.6 Å². The number of carbonyl (C=O) groups is 1. The van der Waals surface area contributed by atoms with E-state index in [2.05, 4.69) is 54.6 Å². The molecule has 0 aliphatic carbocycles. The van der Waals surface area contributed by atoms with Crippen LogP contribution in [-0.4, -0.2) is 42.8 Å². The molecular weight excluding hydrogens is 379 g/mol. The maximum absolute atomic E-state index is 12.1. The fourth-order valence-corrected chi connectivity index (χ4v) is 3.15. The van der Waals surface area contributed by atoms with Crippen molar-refractivity contribution in [2.75, 3.05) is 27.2 Å². The maximum atomic E-state index is 12.1. The molecule has 2 rings (SSSR count). The Morgan fingerprint density at radius 3 is 2.71 bits per heavy atom. The van der Waals surface area contributed by atoms with Crippen molar-refractivity contribution in [2.45, 2.75) is 20.3 Å². The molecule has 114 valence electrons. The van der Waals surface area contributed by atoms with Crippen LogP contribution < -0.4 is 0 Å². The molecule has 0 aliphatic heterocycles. The first-order valence-electron chi connectivity index (χ1n) is 7.06. The van der Waals surface area contributed by atoms with Crippen molar-refractivity contribution in [2.24, 2.45) is 0 Å². The zero-order chi connectivity index (χ0) is 15.6. The van der Waals surface area contributed by atoms with E-state index in [1.807, 2.05) is 19.2 Å². The van der Waals surface area contributed by atoms with E-state index in [1.54, 1.807) is 4.57 Å². The fourth-order valence-electron chi connectivity index (χ4n) is 2.34. The number of likely N-dealkylation sites (N-methyl/N-ethyl adjacent to an activating group) is 1. The van der Waals surface area contributed by atoms with Crippen LogP contribution in [0.5, 0.6) is 0 Å². The van der Waals surface area contributed by atoms with Crippen LogP contribution in [0.1, 0.15) is 18.1 Å². The maximum Gasteiger partial charge on any atom is 0.418 e. The highest BCUT2D eigenvalue weighted by atomic mass is 127. The van der Waals surface area contributed by atoms with E-state index in [4.69, 9.17) is 4.74 Å². The van der Waals surface area contributed by atoms with E-state index in [9.17, 15) is 4.79 Å². The van der Waals surface area contributed by atoms with Crippen molar-refractivity contribution < 1.29 is 9.53 Å². The lowest BCUT2D eigenvalue weighted by molar-refractivity contribution is 0.155. The molecule has 0 unspecified atom stereocenters. The van der Waals surface area contributed by atoms with Crippen molar-refractivity contribution in [3.63, 3.8) is 0 Å². The van der Waals surface area contributed by atoms with Gasteiger partial charge in [0.1, 0.15) is 0 Å². The number of hydrogen-bond acceptors (Lipinski definition) is 3. The standard InChI is InChI=1S/C16H21IN2O2/c1-5-21-16(20)19-10-12(8-9-18(3)4)14-13(19)7-6-11(2)15(14)17/h6-7,10H,5,8-9H2,1-4H3. The Kier molecular flexibility index (Phi) is 5.27. The largest absolute Gasteiger partial charge is 0.449 e. The zero-order valence-electron chi connectivity index (χ0n) is 12.9. The van der Waals surface area contributed by atoms with Gasteiger partial charge in [-0.1, -0.05) is 6.07 Å². The summed E-state index contributed by atoms with van der Waals surface area (Å²) in [6.45, 7) is 5.25. The summed E-state index contributed by atoms with van der Waals surface area (Å²) in [7, 11) is 4.11. The lowest BCUT2D eigenvalue weighted by atomic mass is 10.1. The molecule has 5 heteroatoms. The Hall–Kier alpha value is -1.08. The molecule has 0 saturated heterocycles. The number of nitrogens with zero attached hydrogens (tertiary/aromatic N) is 2. The number of benzene rings is 1.